The molecule has 0 aliphatic carbocycles. The number of amides is 2. The zero-order valence-corrected chi connectivity index (χ0v) is 27.6. The Morgan fingerprint density at radius 1 is 0.400 bits per heavy atom. The van der Waals surface area contributed by atoms with Gasteiger partial charge in [0.25, 0.3) is 0 Å². The van der Waals surface area contributed by atoms with Crippen LogP contribution in [0, 0.1) is 5.92 Å². The van der Waals surface area contributed by atoms with Gasteiger partial charge in [0.15, 0.2) is 0 Å². The first-order valence-electron chi connectivity index (χ1n) is 18.2. The molecule has 0 heterocycles. The van der Waals surface area contributed by atoms with Crippen LogP contribution in [0.25, 0.3) is 0 Å². The van der Waals surface area contributed by atoms with Crippen LogP contribution >= 0.6 is 0 Å². The van der Waals surface area contributed by atoms with E-state index in [1.807, 2.05) is 0 Å². The Kier molecular flexibility index (Phi) is 31.6. The lowest BCUT2D eigenvalue weighted by molar-refractivity contribution is -0.121. The van der Waals surface area contributed by atoms with Crippen LogP contribution < -0.4 is 10.6 Å². The summed E-state index contributed by atoms with van der Waals surface area (Å²) in [5, 5.41) is 6.28. The molecule has 0 saturated heterocycles. The van der Waals surface area contributed by atoms with Gasteiger partial charge in [-0.1, -0.05) is 162 Å². The average Bonchev–Trinajstić information content (AvgIpc) is 2.95. The molecule has 238 valence electrons. The summed E-state index contributed by atoms with van der Waals surface area (Å²) < 4.78 is 0. The van der Waals surface area contributed by atoms with Crippen molar-refractivity contribution in [2.75, 3.05) is 13.1 Å². The van der Waals surface area contributed by atoms with Crippen molar-refractivity contribution in [2.24, 2.45) is 5.92 Å². The lowest BCUT2D eigenvalue weighted by Gasteiger charge is -2.17. The van der Waals surface area contributed by atoms with Gasteiger partial charge in [-0.2, -0.15) is 0 Å². The van der Waals surface area contributed by atoms with Crippen LogP contribution in [0.15, 0.2) is 0 Å². The van der Waals surface area contributed by atoms with Crippen LogP contribution in [0.5, 0.6) is 0 Å². The van der Waals surface area contributed by atoms with Gasteiger partial charge in [-0.15, -0.1) is 0 Å². The van der Waals surface area contributed by atoms with Gasteiger partial charge in [0, 0.05) is 25.9 Å². The fraction of sp³-hybridized carbons (Fsp3) is 0.944. The molecule has 0 rings (SSSR count). The summed E-state index contributed by atoms with van der Waals surface area (Å²) >= 11 is 0. The topological polar surface area (TPSA) is 58.2 Å². The summed E-state index contributed by atoms with van der Waals surface area (Å²) in [7, 11) is 0. The van der Waals surface area contributed by atoms with Crippen molar-refractivity contribution in [3.8, 4) is 0 Å². The molecule has 4 heteroatoms. The van der Waals surface area contributed by atoms with E-state index in [0.717, 1.165) is 45.2 Å². The molecule has 0 spiro atoms. The third-order valence-electron chi connectivity index (χ3n) is 8.48. The van der Waals surface area contributed by atoms with E-state index in [1.165, 1.54) is 135 Å². The van der Waals surface area contributed by atoms with Gasteiger partial charge in [-0.25, -0.2) is 0 Å². The molecular formula is C36H72N2O2. The summed E-state index contributed by atoms with van der Waals surface area (Å²) in [5.74, 6) is 0.876. The zero-order chi connectivity index (χ0) is 29.4. The van der Waals surface area contributed by atoms with Crippen molar-refractivity contribution in [3.05, 3.63) is 0 Å². The van der Waals surface area contributed by atoms with Gasteiger partial charge in [0.2, 0.25) is 11.8 Å². The molecule has 0 fully saturated rings. The lowest BCUT2D eigenvalue weighted by atomic mass is 9.91. The number of carbonyl (C=O) groups is 2. The molecular weight excluding hydrogens is 492 g/mol. The van der Waals surface area contributed by atoms with E-state index in [9.17, 15) is 9.59 Å². The number of carbonyl (C=O) groups excluding carboxylic acids is 2. The predicted molar refractivity (Wildman–Crippen MR) is 176 cm³/mol. The molecule has 0 aromatic carbocycles. The molecule has 0 aromatic rings. The molecule has 0 atom stereocenters. The summed E-state index contributed by atoms with van der Waals surface area (Å²) in [5.41, 5.74) is 0. The maximum Gasteiger partial charge on any atom is 0.220 e. The van der Waals surface area contributed by atoms with Gasteiger partial charge < -0.3 is 10.6 Å². The van der Waals surface area contributed by atoms with Crippen LogP contribution in [0.4, 0.5) is 0 Å². The SMILES string of the molecule is CCCCCCCCCCCCNC(=O)CCC(CCCCC)CCC(=O)NCCCCCCCCCCCC. The average molecular weight is 565 g/mol. The Morgan fingerprint density at radius 3 is 1.05 bits per heavy atom. The van der Waals surface area contributed by atoms with Crippen molar-refractivity contribution in [1.29, 1.82) is 0 Å². The highest BCUT2D eigenvalue weighted by atomic mass is 16.2. The molecule has 0 saturated carbocycles. The zero-order valence-electron chi connectivity index (χ0n) is 27.6. The molecule has 2 amide bonds. The predicted octanol–water partition coefficient (Wildman–Crippen LogP) is 10.8. The number of nitrogens with one attached hydrogen (secondary N) is 2. The molecule has 0 aromatic heterocycles. The summed E-state index contributed by atoms with van der Waals surface area (Å²) in [6, 6.07) is 0. The van der Waals surface area contributed by atoms with Crippen molar-refractivity contribution in [2.45, 2.75) is 201 Å². The summed E-state index contributed by atoms with van der Waals surface area (Å²) in [6.07, 6.45) is 34.3. The van der Waals surface area contributed by atoms with Crippen molar-refractivity contribution in [1.82, 2.24) is 10.6 Å². The van der Waals surface area contributed by atoms with Crippen LogP contribution in [-0.4, -0.2) is 24.9 Å². The molecule has 0 unspecified atom stereocenters. The minimum Gasteiger partial charge on any atom is -0.356 e. The maximum atomic E-state index is 12.4. The molecule has 0 bridgehead atoms. The first-order valence-corrected chi connectivity index (χ1v) is 18.2. The fourth-order valence-corrected chi connectivity index (χ4v) is 5.64. The highest BCUT2D eigenvalue weighted by Gasteiger charge is 2.13. The van der Waals surface area contributed by atoms with Crippen molar-refractivity contribution >= 4 is 11.8 Å². The van der Waals surface area contributed by atoms with Crippen molar-refractivity contribution in [3.63, 3.8) is 0 Å². The first kappa shape index (κ1) is 38.9. The van der Waals surface area contributed by atoms with Crippen LogP contribution in [0.3, 0.4) is 0 Å². The number of hydrogen-bond acceptors (Lipinski definition) is 2. The van der Waals surface area contributed by atoms with E-state index in [2.05, 4.69) is 31.4 Å². The second kappa shape index (κ2) is 32.5. The highest BCUT2D eigenvalue weighted by Crippen LogP contribution is 2.21. The quantitative estimate of drug-likeness (QED) is 0.0798. The standard InChI is InChI=1S/C36H72N2O2/c1-4-7-10-12-14-16-18-20-22-25-32-37-35(39)30-28-34(27-24-9-6-3)29-31-36(40)38-33-26-23-21-19-17-15-13-11-8-5-2/h34H,4-33H2,1-3H3,(H,37,39)(H,38,40). The Hall–Kier alpha value is -1.06. The number of hydrogen-bond donors (Lipinski definition) is 2. The van der Waals surface area contributed by atoms with Gasteiger partial charge in [0.1, 0.15) is 0 Å². The monoisotopic (exact) mass is 565 g/mol. The normalized spacial score (nSPS) is 11.3. The van der Waals surface area contributed by atoms with Crippen LogP contribution in [-0.2, 0) is 9.59 Å². The smallest absolute Gasteiger partial charge is 0.220 e. The van der Waals surface area contributed by atoms with Gasteiger partial charge in [0.05, 0.1) is 0 Å². The summed E-state index contributed by atoms with van der Waals surface area (Å²) in [4.78, 5) is 24.8. The molecule has 0 aliphatic heterocycles. The maximum absolute atomic E-state index is 12.4. The number of rotatable bonds is 32. The van der Waals surface area contributed by atoms with E-state index >= 15 is 0 Å². The van der Waals surface area contributed by atoms with Crippen LogP contribution in [0.2, 0.25) is 0 Å². The van der Waals surface area contributed by atoms with Gasteiger partial charge >= 0.3 is 0 Å². The van der Waals surface area contributed by atoms with E-state index in [4.69, 9.17) is 0 Å². The summed E-state index contributed by atoms with van der Waals surface area (Å²) in [6.45, 7) is 8.41. The van der Waals surface area contributed by atoms with E-state index in [-0.39, 0.29) is 11.8 Å². The largest absolute Gasteiger partial charge is 0.356 e. The second-order valence-electron chi connectivity index (χ2n) is 12.5. The molecule has 2 N–H and O–H groups in total. The third kappa shape index (κ3) is 29.9. The molecule has 0 aliphatic rings. The van der Waals surface area contributed by atoms with Crippen molar-refractivity contribution < 1.29 is 9.59 Å². The van der Waals surface area contributed by atoms with Crippen LogP contribution in [0.1, 0.15) is 201 Å². The molecule has 0 radical (unpaired) electrons. The Morgan fingerprint density at radius 2 is 0.700 bits per heavy atom. The third-order valence-corrected chi connectivity index (χ3v) is 8.48. The van der Waals surface area contributed by atoms with Gasteiger partial charge in [-0.05, 0) is 31.6 Å². The second-order valence-corrected chi connectivity index (χ2v) is 12.5. The Labute approximate surface area is 251 Å². The number of unbranched alkanes of at least 4 members (excludes halogenated alkanes) is 20. The minimum atomic E-state index is 0.196. The highest BCUT2D eigenvalue weighted by molar-refractivity contribution is 5.76. The Bertz CT molecular complexity index is 495. The van der Waals surface area contributed by atoms with E-state index in [1.54, 1.807) is 0 Å². The lowest BCUT2D eigenvalue weighted by Crippen LogP contribution is -2.26. The minimum absolute atomic E-state index is 0.196. The van der Waals surface area contributed by atoms with E-state index < -0.39 is 0 Å². The molecule has 4 nitrogen and oxygen atoms in total. The van der Waals surface area contributed by atoms with Gasteiger partial charge in [-0.3, -0.25) is 9.59 Å². The first-order chi connectivity index (χ1) is 19.6. The fourth-order valence-electron chi connectivity index (χ4n) is 5.64. The molecule has 40 heavy (non-hydrogen) atoms. The van der Waals surface area contributed by atoms with E-state index in [0.29, 0.717) is 18.8 Å². The Balaban J connectivity index is 3.85.